The monoisotopic (exact) mass is 310 g/mol. The summed E-state index contributed by atoms with van der Waals surface area (Å²) in [6, 6.07) is 8.15. The molecule has 2 atom stereocenters. The van der Waals surface area contributed by atoms with E-state index >= 15 is 0 Å². The summed E-state index contributed by atoms with van der Waals surface area (Å²) < 4.78 is 0.901. The predicted molar refractivity (Wildman–Crippen MR) is 77.4 cm³/mol. The molecule has 0 spiro atoms. The summed E-state index contributed by atoms with van der Waals surface area (Å²) >= 11 is 3.48. The third kappa shape index (κ3) is 3.72. The van der Waals surface area contributed by atoms with Crippen LogP contribution in [0.25, 0.3) is 0 Å². The zero-order chi connectivity index (χ0) is 13.7. The molecule has 0 amide bonds. The maximum Gasteiger partial charge on any atom is 0.0772 e. The van der Waals surface area contributed by atoms with Crippen molar-refractivity contribution in [3.63, 3.8) is 0 Å². The Hall–Kier alpha value is -1.05. The Morgan fingerprint density at radius 3 is 2.56 bits per heavy atom. The zero-order valence-electron chi connectivity index (χ0n) is 11.0. The molecule has 0 bridgehead atoms. The standard InChI is InChI=1S/C14H19BrN2O/c1-4-17(9-10(2)8-16)12-5-6-13(11(3)18)14(15)7-12/h5-7,10-11,18H,4,9H2,1-3H3. The number of aliphatic hydroxyl groups excluding tert-OH is 1. The van der Waals surface area contributed by atoms with Crippen LogP contribution in [0.4, 0.5) is 5.69 Å². The number of halogens is 1. The number of anilines is 1. The lowest BCUT2D eigenvalue weighted by Crippen LogP contribution is -2.27. The number of benzene rings is 1. The van der Waals surface area contributed by atoms with Gasteiger partial charge < -0.3 is 10.0 Å². The second-order valence-corrected chi connectivity index (χ2v) is 5.30. The van der Waals surface area contributed by atoms with Crippen molar-refractivity contribution in [1.29, 1.82) is 5.26 Å². The van der Waals surface area contributed by atoms with E-state index < -0.39 is 6.10 Å². The second-order valence-electron chi connectivity index (χ2n) is 4.45. The fourth-order valence-electron chi connectivity index (χ4n) is 1.84. The molecule has 0 heterocycles. The topological polar surface area (TPSA) is 47.3 Å². The van der Waals surface area contributed by atoms with Crippen LogP contribution in [0.2, 0.25) is 0 Å². The van der Waals surface area contributed by atoms with Crippen molar-refractivity contribution in [3.05, 3.63) is 28.2 Å². The van der Waals surface area contributed by atoms with Gasteiger partial charge in [0.05, 0.1) is 18.1 Å². The molecule has 98 valence electrons. The van der Waals surface area contributed by atoms with Gasteiger partial charge in [0.15, 0.2) is 0 Å². The molecule has 3 nitrogen and oxygen atoms in total. The Kier molecular flexibility index (Phi) is 5.64. The van der Waals surface area contributed by atoms with E-state index in [0.29, 0.717) is 6.54 Å². The molecule has 4 heteroatoms. The van der Waals surface area contributed by atoms with Crippen LogP contribution in [-0.2, 0) is 0 Å². The molecule has 0 saturated heterocycles. The molecule has 18 heavy (non-hydrogen) atoms. The van der Waals surface area contributed by atoms with Crippen LogP contribution in [0.15, 0.2) is 22.7 Å². The van der Waals surface area contributed by atoms with Gasteiger partial charge in [-0.25, -0.2) is 0 Å². The number of rotatable bonds is 5. The molecule has 1 rings (SSSR count). The minimum absolute atomic E-state index is 0.000155. The highest BCUT2D eigenvalue weighted by molar-refractivity contribution is 9.10. The van der Waals surface area contributed by atoms with Crippen LogP contribution in [0.3, 0.4) is 0 Å². The second kappa shape index (κ2) is 6.77. The molecular formula is C14H19BrN2O. The third-order valence-electron chi connectivity index (χ3n) is 2.90. The van der Waals surface area contributed by atoms with E-state index in [1.807, 2.05) is 25.1 Å². The molecule has 1 aromatic rings. The smallest absolute Gasteiger partial charge is 0.0772 e. The minimum Gasteiger partial charge on any atom is -0.389 e. The lowest BCUT2D eigenvalue weighted by atomic mass is 10.1. The number of hydrogen-bond donors (Lipinski definition) is 1. The highest BCUT2D eigenvalue weighted by atomic mass is 79.9. The molecule has 0 radical (unpaired) electrons. The van der Waals surface area contributed by atoms with Crippen LogP contribution in [0.1, 0.15) is 32.4 Å². The molecule has 0 aliphatic carbocycles. The van der Waals surface area contributed by atoms with E-state index in [9.17, 15) is 5.11 Å². The summed E-state index contributed by atoms with van der Waals surface area (Å²) in [4.78, 5) is 2.16. The highest BCUT2D eigenvalue weighted by Crippen LogP contribution is 2.28. The van der Waals surface area contributed by atoms with Gasteiger partial charge in [-0.3, -0.25) is 0 Å². The highest BCUT2D eigenvalue weighted by Gasteiger charge is 2.12. The van der Waals surface area contributed by atoms with Crippen molar-refractivity contribution in [1.82, 2.24) is 0 Å². The van der Waals surface area contributed by atoms with Crippen molar-refractivity contribution in [2.24, 2.45) is 5.92 Å². The maximum absolute atomic E-state index is 9.59. The van der Waals surface area contributed by atoms with Gasteiger partial charge in [-0.2, -0.15) is 5.26 Å². The minimum atomic E-state index is -0.485. The van der Waals surface area contributed by atoms with Crippen molar-refractivity contribution >= 4 is 21.6 Å². The lowest BCUT2D eigenvalue weighted by molar-refractivity contribution is 0.198. The van der Waals surface area contributed by atoms with Crippen LogP contribution < -0.4 is 4.90 Å². The summed E-state index contributed by atoms with van der Waals surface area (Å²) in [5.74, 6) is 0.000155. The number of hydrogen-bond acceptors (Lipinski definition) is 3. The quantitative estimate of drug-likeness (QED) is 0.905. The van der Waals surface area contributed by atoms with Crippen molar-refractivity contribution < 1.29 is 5.11 Å². The molecule has 2 unspecified atom stereocenters. The normalized spacial score (nSPS) is 13.8. The van der Waals surface area contributed by atoms with Crippen molar-refractivity contribution in [3.8, 4) is 6.07 Å². The molecule has 0 aliphatic heterocycles. The van der Waals surface area contributed by atoms with Gasteiger partial charge in [0.25, 0.3) is 0 Å². The molecule has 0 aliphatic rings. The Labute approximate surface area is 117 Å². The van der Waals surface area contributed by atoms with Gasteiger partial charge in [-0.05, 0) is 38.5 Å². The Morgan fingerprint density at radius 2 is 2.11 bits per heavy atom. The molecule has 0 aromatic heterocycles. The first kappa shape index (κ1) is 15.0. The third-order valence-corrected chi connectivity index (χ3v) is 3.58. The Bertz CT molecular complexity index is 440. The van der Waals surface area contributed by atoms with Gasteiger partial charge in [0.2, 0.25) is 0 Å². The van der Waals surface area contributed by atoms with Gasteiger partial charge in [-0.1, -0.05) is 22.0 Å². The summed E-state index contributed by atoms with van der Waals surface area (Å²) in [6.45, 7) is 7.30. The summed E-state index contributed by atoms with van der Waals surface area (Å²) in [7, 11) is 0. The Balaban J connectivity index is 2.95. The maximum atomic E-state index is 9.59. The molecule has 1 aromatic carbocycles. The summed E-state index contributed by atoms with van der Waals surface area (Å²) in [5.41, 5.74) is 1.94. The first-order chi connectivity index (χ1) is 8.49. The fourth-order valence-corrected chi connectivity index (χ4v) is 2.54. The number of aliphatic hydroxyl groups is 1. The van der Waals surface area contributed by atoms with E-state index in [-0.39, 0.29) is 5.92 Å². The van der Waals surface area contributed by atoms with Crippen molar-refractivity contribution in [2.75, 3.05) is 18.0 Å². The van der Waals surface area contributed by atoms with Gasteiger partial charge in [0.1, 0.15) is 0 Å². The lowest BCUT2D eigenvalue weighted by Gasteiger charge is -2.25. The molecule has 1 N–H and O–H groups in total. The average molecular weight is 311 g/mol. The average Bonchev–Trinajstić information content (AvgIpc) is 2.34. The van der Waals surface area contributed by atoms with Gasteiger partial charge >= 0.3 is 0 Å². The number of nitrogens with zero attached hydrogens (tertiary/aromatic N) is 2. The van der Waals surface area contributed by atoms with Crippen LogP contribution in [-0.4, -0.2) is 18.2 Å². The Morgan fingerprint density at radius 1 is 1.44 bits per heavy atom. The van der Waals surface area contributed by atoms with Gasteiger partial charge in [0, 0.05) is 23.2 Å². The number of nitriles is 1. The van der Waals surface area contributed by atoms with E-state index in [2.05, 4.69) is 33.8 Å². The van der Waals surface area contributed by atoms with E-state index in [4.69, 9.17) is 5.26 Å². The van der Waals surface area contributed by atoms with Crippen LogP contribution in [0.5, 0.6) is 0 Å². The SMILES string of the molecule is CCN(CC(C)C#N)c1ccc(C(C)O)c(Br)c1. The zero-order valence-corrected chi connectivity index (χ0v) is 12.6. The van der Waals surface area contributed by atoms with Crippen molar-refractivity contribution in [2.45, 2.75) is 26.9 Å². The fraction of sp³-hybridized carbons (Fsp3) is 0.500. The molecule has 0 fully saturated rings. The first-order valence-corrected chi connectivity index (χ1v) is 6.91. The van der Waals surface area contributed by atoms with E-state index in [1.54, 1.807) is 6.92 Å². The summed E-state index contributed by atoms with van der Waals surface area (Å²) in [6.07, 6.45) is -0.485. The van der Waals surface area contributed by atoms with E-state index in [0.717, 1.165) is 22.3 Å². The first-order valence-electron chi connectivity index (χ1n) is 6.11. The van der Waals surface area contributed by atoms with Crippen LogP contribution >= 0.6 is 15.9 Å². The van der Waals surface area contributed by atoms with Gasteiger partial charge in [-0.15, -0.1) is 0 Å². The largest absolute Gasteiger partial charge is 0.389 e. The molecular weight excluding hydrogens is 292 g/mol. The summed E-state index contributed by atoms with van der Waals surface area (Å²) in [5, 5.41) is 18.5. The molecule has 0 saturated carbocycles. The van der Waals surface area contributed by atoms with E-state index in [1.165, 1.54) is 0 Å². The van der Waals surface area contributed by atoms with Crippen LogP contribution in [0, 0.1) is 17.2 Å². The predicted octanol–water partition coefficient (Wildman–Crippen LogP) is 3.49.